The second-order valence-electron chi connectivity index (χ2n) is 4.39. The first-order valence-electron chi connectivity index (χ1n) is 6.23. The third-order valence-corrected chi connectivity index (χ3v) is 3.20. The molecule has 0 aliphatic rings. The van der Waals surface area contributed by atoms with Crippen molar-refractivity contribution in [3.05, 3.63) is 34.9 Å². The molecule has 0 saturated heterocycles. The van der Waals surface area contributed by atoms with Crippen LogP contribution in [0.15, 0.2) is 24.3 Å². The van der Waals surface area contributed by atoms with Crippen molar-refractivity contribution in [2.24, 2.45) is 0 Å². The van der Waals surface area contributed by atoms with Crippen LogP contribution in [-0.2, 0) is 11.3 Å². The van der Waals surface area contributed by atoms with E-state index in [1.54, 1.807) is 11.8 Å². The predicted molar refractivity (Wildman–Crippen MR) is 73.5 cm³/mol. The largest absolute Gasteiger partial charge is 0.393 e. The van der Waals surface area contributed by atoms with Crippen LogP contribution < -0.4 is 0 Å². The van der Waals surface area contributed by atoms with Gasteiger partial charge in [0.1, 0.15) is 0 Å². The van der Waals surface area contributed by atoms with Gasteiger partial charge in [-0.05, 0) is 31.9 Å². The molecule has 0 bridgehead atoms. The van der Waals surface area contributed by atoms with Crippen LogP contribution in [0.25, 0.3) is 0 Å². The molecule has 1 aromatic carbocycles. The summed E-state index contributed by atoms with van der Waals surface area (Å²) >= 11 is 6.08. The van der Waals surface area contributed by atoms with E-state index in [0.29, 0.717) is 31.0 Å². The van der Waals surface area contributed by atoms with Crippen LogP contribution >= 0.6 is 11.6 Å². The Morgan fingerprint density at radius 3 is 2.67 bits per heavy atom. The van der Waals surface area contributed by atoms with Crippen LogP contribution in [0.5, 0.6) is 0 Å². The summed E-state index contributed by atoms with van der Waals surface area (Å²) in [6, 6.07) is 7.53. The van der Waals surface area contributed by atoms with Gasteiger partial charge in [0.15, 0.2) is 0 Å². The van der Waals surface area contributed by atoms with Gasteiger partial charge in [0.25, 0.3) is 0 Å². The summed E-state index contributed by atoms with van der Waals surface area (Å²) in [4.78, 5) is 13.7. The van der Waals surface area contributed by atoms with Gasteiger partial charge in [0, 0.05) is 24.5 Å². The highest BCUT2D eigenvalue weighted by Gasteiger charge is 2.14. The fraction of sp³-hybridized carbons (Fsp3) is 0.500. The first kappa shape index (κ1) is 15.0. The van der Waals surface area contributed by atoms with Crippen LogP contribution in [0.3, 0.4) is 0 Å². The lowest BCUT2D eigenvalue weighted by Crippen LogP contribution is -2.30. The lowest BCUT2D eigenvalue weighted by Gasteiger charge is -2.22. The smallest absolute Gasteiger partial charge is 0.222 e. The standard InChI is InChI=1S/C14H20ClNO2/c1-3-16(14(18)9-8-11(2)17)10-12-6-4-5-7-13(12)15/h4-7,11,17H,3,8-10H2,1-2H3. The molecular weight excluding hydrogens is 250 g/mol. The minimum Gasteiger partial charge on any atom is -0.393 e. The molecule has 0 aliphatic carbocycles. The number of aliphatic hydroxyl groups excluding tert-OH is 1. The minimum atomic E-state index is -0.437. The van der Waals surface area contributed by atoms with Gasteiger partial charge >= 0.3 is 0 Å². The third kappa shape index (κ3) is 4.67. The van der Waals surface area contributed by atoms with E-state index in [1.165, 1.54) is 0 Å². The predicted octanol–water partition coefficient (Wildman–Crippen LogP) is 2.85. The maximum atomic E-state index is 12.0. The molecule has 18 heavy (non-hydrogen) atoms. The normalized spacial score (nSPS) is 12.2. The van der Waals surface area contributed by atoms with E-state index in [0.717, 1.165) is 5.56 Å². The Morgan fingerprint density at radius 2 is 2.11 bits per heavy atom. The van der Waals surface area contributed by atoms with Crippen molar-refractivity contribution < 1.29 is 9.90 Å². The summed E-state index contributed by atoms with van der Waals surface area (Å²) in [5.41, 5.74) is 0.950. The summed E-state index contributed by atoms with van der Waals surface area (Å²) in [7, 11) is 0. The van der Waals surface area contributed by atoms with E-state index in [9.17, 15) is 9.90 Å². The van der Waals surface area contributed by atoms with E-state index < -0.39 is 6.10 Å². The summed E-state index contributed by atoms with van der Waals surface area (Å²) in [6.07, 6.45) is 0.432. The Hall–Kier alpha value is -1.06. The van der Waals surface area contributed by atoms with Gasteiger partial charge in [-0.25, -0.2) is 0 Å². The first-order chi connectivity index (χ1) is 8.54. The molecule has 0 heterocycles. The molecule has 1 rings (SSSR count). The zero-order chi connectivity index (χ0) is 13.5. The number of nitrogens with zero attached hydrogens (tertiary/aromatic N) is 1. The van der Waals surface area contributed by atoms with E-state index in [1.807, 2.05) is 31.2 Å². The zero-order valence-corrected chi connectivity index (χ0v) is 11.7. The SMILES string of the molecule is CCN(Cc1ccccc1Cl)C(=O)CCC(C)O. The van der Waals surface area contributed by atoms with Crippen LogP contribution in [0.4, 0.5) is 0 Å². The Morgan fingerprint density at radius 1 is 1.44 bits per heavy atom. The number of hydrogen-bond donors (Lipinski definition) is 1. The molecule has 1 atom stereocenters. The Kier molecular flexibility index (Phi) is 6.16. The first-order valence-corrected chi connectivity index (χ1v) is 6.61. The average Bonchev–Trinajstić information content (AvgIpc) is 2.35. The highest BCUT2D eigenvalue weighted by molar-refractivity contribution is 6.31. The average molecular weight is 270 g/mol. The van der Waals surface area contributed by atoms with Gasteiger partial charge in [0.05, 0.1) is 6.10 Å². The van der Waals surface area contributed by atoms with Crippen LogP contribution in [-0.4, -0.2) is 28.6 Å². The maximum absolute atomic E-state index is 12.0. The number of carbonyl (C=O) groups excluding carboxylic acids is 1. The number of rotatable bonds is 6. The van der Waals surface area contributed by atoms with Gasteiger partial charge < -0.3 is 10.0 Å². The summed E-state index contributed by atoms with van der Waals surface area (Å²) in [5, 5.41) is 9.88. The summed E-state index contributed by atoms with van der Waals surface area (Å²) in [6.45, 7) is 4.80. The molecule has 0 radical (unpaired) electrons. The fourth-order valence-electron chi connectivity index (χ4n) is 1.70. The Balaban J connectivity index is 2.62. The van der Waals surface area contributed by atoms with Gasteiger partial charge in [-0.1, -0.05) is 29.8 Å². The van der Waals surface area contributed by atoms with E-state index in [4.69, 9.17) is 11.6 Å². The fourth-order valence-corrected chi connectivity index (χ4v) is 1.89. The molecule has 0 aromatic heterocycles. The maximum Gasteiger partial charge on any atom is 0.222 e. The van der Waals surface area contributed by atoms with E-state index in [2.05, 4.69) is 0 Å². The van der Waals surface area contributed by atoms with Crippen molar-refractivity contribution in [1.82, 2.24) is 4.90 Å². The lowest BCUT2D eigenvalue weighted by molar-refractivity contribution is -0.132. The highest BCUT2D eigenvalue weighted by Crippen LogP contribution is 2.17. The van der Waals surface area contributed by atoms with Crippen molar-refractivity contribution in [2.75, 3.05) is 6.54 Å². The summed E-state index contributed by atoms with van der Waals surface area (Å²) in [5.74, 6) is 0.0540. The Bertz CT molecular complexity index is 393. The quantitative estimate of drug-likeness (QED) is 0.863. The molecule has 1 amide bonds. The number of amides is 1. The van der Waals surface area contributed by atoms with Gasteiger partial charge in [-0.15, -0.1) is 0 Å². The third-order valence-electron chi connectivity index (χ3n) is 2.83. The van der Waals surface area contributed by atoms with E-state index >= 15 is 0 Å². The second-order valence-corrected chi connectivity index (χ2v) is 4.79. The molecule has 100 valence electrons. The minimum absolute atomic E-state index is 0.0540. The van der Waals surface area contributed by atoms with Crippen molar-refractivity contribution in [3.8, 4) is 0 Å². The molecule has 0 spiro atoms. The number of benzene rings is 1. The van der Waals surface area contributed by atoms with Crippen molar-refractivity contribution in [2.45, 2.75) is 39.3 Å². The molecular formula is C14H20ClNO2. The van der Waals surface area contributed by atoms with Crippen LogP contribution in [0.2, 0.25) is 5.02 Å². The molecule has 1 N–H and O–H groups in total. The zero-order valence-electron chi connectivity index (χ0n) is 10.9. The molecule has 0 saturated carbocycles. The molecule has 1 unspecified atom stereocenters. The highest BCUT2D eigenvalue weighted by atomic mass is 35.5. The van der Waals surface area contributed by atoms with E-state index in [-0.39, 0.29) is 5.91 Å². The molecule has 1 aromatic rings. The molecule has 0 aliphatic heterocycles. The van der Waals surface area contributed by atoms with Crippen molar-refractivity contribution >= 4 is 17.5 Å². The monoisotopic (exact) mass is 269 g/mol. The molecule has 0 fully saturated rings. The van der Waals surface area contributed by atoms with Gasteiger partial charge in [-0.3, -0.25) is 4.79 Å². The number of carbonyl (C=O) groups is 1. The topological polar surface area (TPSA) is 40.5 Å². The lowest BCUT2D eigenvalue weighted by atomic mass is 10.1. The van der Waals surface area contributed by atoms with Crippen LogP contribution in [0.1, 0.15) is 32.3 Å². The second kappa shape index (κ2) is 7.39. The number of halogens is 1. The Labute approximate surface area is 113 Å². The molecule has 3 nitrogen and oxygen atoms in total. The van der Waals surface area contributed by atoms with Gasteiger partial charge in [0.2, 0.25) is 5.91 Å². The number of hydrogen-bond acceptors (Lipinski definition) is 2. The molecule has 4 heteroatoms. The van der Waals surface area contributed by atoms with Crippen molar-refractivity contribution in [1.29, 1.82) is 0 Å². The van der Waals surface area contributed by atoms with Crippen molar-refractivity contribution in [3.63, 3.8) is 0 Å². The van der Waals surface area contributed by atoms with Crippen LogP contribution in [0, 0.1) is 0 Å². The summed E-state index contributed by atoms with van der Waals surface area (Å²) < 4.78 is 0. The van der Waals surface area contributed by atoms with Gasteiger partial charge in [-0.2, -0.15) is 0 Å². The number of aliphatic hydroxyl groups is 1.